The molecule has 11 heteroatoms. The standard InChI is InChI=1S/C32H43ClO10/c1-4-5-12-23(34)18-24(35)19-27(37)31(40)30(39)21(3)25(33)13-8-6-10-20(2)11-7-9-14-29(38)43-28-17-22(32(41)42)15-16-26(28)36/h5-14,21-22,24,26,28,30-31,35-36,39-40H,4,15-19H2,1-3H3,(H,41,42)/b8-6+,11-7+,12-5+,14-9+,20-10+,25-13-/t21-,22+,24+,26+,28-,30-,31-/m1/s1. The van der Waals surface area contributed by atoms with Crippen molar-refractivity contribution in [2.24, 2.45) is 11.8 Å². The highest BCUT2D eigenvalue weighted by molar-refractivity contribution is 6.30. The van der Waals surface area contributed by atoms with Crippen LogP contribution in [0.5, 0.6) is 0 Å². The van der Waals surface area contributed by atoms with Crippen molar-refractivity contribution in [2.45, 2.75) is 89.8 Å². The van der Waals surface area contributed by atoms with E-state index in [2.05, 4.69) is 0 Å². The monoisotopic (exact) mass is 622 g/mol. The summed E-state index contributed by atoms with van der Waals surface area (Å²) in [6.45, 7) is 5.19. The van der Waals surface area contributed by atoms with E-state index in [0.717, 1.165) is 5.57 Å². The van der Waals surface area contributed by atoms with Gasteiger partial charge in [-0.3, -0.25) is 14.4 Å². The van der Waals surface area contributed by atoms with Crippen molar-refractivity contribution in [3.05, 3.63) is 71.4 Å². The van der Waals surface area contributed by atoms with Crippen molar-refractivity contribution in [1.29, 1.82) is 0 Å². The van der Waals surface area contributed by atoms with Crippen LogP contribution in [0.1, 0.15) is 59.3 Å². The van der Waals surface area contributed by atoms with Crippen LogP contribution in [0.2, 0.25) is 0 Å². The number of allylic oxidation sites excluding steroid dienone is 10. The number of esters is 1. The highest BCUT2D eigenvalue weighted by Crippen LogP contribution is 2.27. The van der Waals surface area contributed by atoms with Crippen molar-refractivity contribution in [1.82, 2.24) is 0 Å². The van der Waals surface area contributed by atoms with Gasteiger partial charge in [0, 0.05) is 36.3 Å². The summed E-state index contributed by atoms with van der Waals surface area (Å²) in [5.41, 5.74) is 0.808. The molecule has 0 saturated heterocycles. The van der Waals surface area contributed by atoms with Gasteiger partial charge in [-0.2, -0.15) is 0 Å². The minimum atomic E-state index is -1.79. The van der Waals surface area contributed by atoms with Gasteiger partial charge in [-0.15, -0.1) is 0 Å². The zero-order valence-corrected chi connectivity index (χ0v) is 25.5. The molecule has 0 aromatic carbocycles. The Kier molecular flexibility index (Phi) is 17.6. The number of carbonyl (C=O) groups excluding carboxylic acids is 3. The number of carboxylic acid groups (broad SMARTS) is 1. The van der Waals surface area contributed by atoms with E-state index >= 15 is 0 Å². The van der Waals surface area contributed by atoms with Gasteiger partial charge < -0.3 is 30.3 Å². The zero-order valence-electron chi connectivity index (χ0n) is 24.7. The Labute approximate surface area is 257 Å². The van der Waals surface area contributed by atoms with Crippen LogP contribution in [0.3, 0.4) is 0 Å². The van der Waals surface area contributed by atoms with Crippen LogP contribution in [0.25, 0.3) is 0 Å². The highest BCUT2D eigenvalue weighted by atomic mass is 35.5. The first-order valence-corrected chi connectivity index (χ1v) is 14.6. The van der Waals surface area contributed by atoms with E-state index in [1.807, 2.05) is 6.92 Å². The lowest BCUT2D eigenvalue weighted by atomic mass is 9.85. The molecule has 5 N–H and O–H groups in total. The van der Waals surface area contributed by atoms with E-state index < -0.39 is 66.5 Å². The number of rotatable bonds is 17. The molecule has 1 saturated carbocycles. The number of halogens is 1. The van der Waals surface area contributed by atoms with E-state index in [9.17, 15) is 39.6 Å². The van der Waals surface area contributed by atoms with Gasteiger partial charge in [0.25, 0.3) is 0 Å². The molecule has 0 heterocycles. The van der Waals surface area contributed by atoms with Crippen LogP contribution in [0.4, 0.5) is 0 Å². The average Bonchev–Trinajstić information content (AvgIpc) is 2.95. The molecule has 0 bridgehead atoms. The maximum atomic E-state index is 12.3. The van der Waals surface area contributed by atoms with Gasteiger partial charge in [-0.25, -0.2) is 4.79 Å². The molecular formula is C32H43ClO10. The predicted octanol–water partition coefficient (Wildman–Crippen LogP) is 3.48. The van der Waals surface area contributed by atoms with Gasteiger partial charge in [-0.05, 0) is 38.3 Å². The van der Waals surface area contributed by atoms with Gasteiger partial charge in [0.05, 0.1) is 24.2 Å². The number of ether oxygens (including phenoxy) is 1. The lowest BCUT2D eigenvalue weighted by molar-refractivity contribution is -0.159. The summed E-state index contributed by atoms with van der Waals surface area (Å²) in [6.07, 6.45) is 9.67. The minimum Gasteiger partial charge on any atom is -0.481 e. The fraction of sp³-hybridized carbons (Fsp3) is 0.500. The second-order valence-electron chi connectivity index (χ2n) is 10.5. The Morgan fingerprint density at radius 2 is 1.60 bits per heavy atom. The summed E-state index contributed by atoms with van der Waals surface area (Å²) >= 11 is 6.24. The second kappa shape index (κ2) is 19.9. The van der Waals surface area contributed by atoms with E-state index in [-0.39, 0.29) is 30.1 Å². The van der Waals surface area contributed by atoms with Crippen molar-refractivity contribution in [3.63, 3.8) is 0 Å². The normalized spacial score (nSPS) is 23.1. The number of carboxylic acids is 1. The Morgan fingerprint density at radius 1 is 0.953 bits per heavy atom. The molecule has 10 nitrogen and oxygen atoms in total. The van der Waals surface area contributed by atoms with Gasteiger partial charge >= 0.3 is 11.9 Å². The van der Waals surface area contributed by atoms with Gasteiger partial charge in [-0.1, -0.05) is 73.6 Å². The van der Waals surface area contributed by atoms with Crippen molar-refractivity contribution >= 4 is 35.1 Å². The van der Waals surface area contributed by atoms with Gasteiger partial charge in [0.2, 0.25) is 0 Å². The Bertz CT molecular complexity index is 1130. The zero-order chi connectivity index (χ0) is 32.5. The second-order valence-corrected chi connectivity index (χ2v) is 10.9. The molecular weight excluding hydrogens is 580 g/mol. The predicted molar refractivity (Wildman–Crippen MR) is 162 cm³/mol. The molecule has 238 valence electrons. The van der Waals surface area contributed by atoms with Crippen molar-refractivity contribution in [3.8, 4) is 0 Å². The smallest absolute Gasteiger partial charge is 0.331 e. The van der Waals surface area contributed by atoms with E-state index in [1.54, 1.807) is 43.4 Å². The number of ketones is 2. The summed E-state index contributed by atoms with van der Waals surface area (Å²) in [5.74, 6) is -4.25. The van der Waals surface area contributed by atoms with Crippen LogP contribution in [-0.4, -0.2) is 79.6 Å². The molecule has 1 aliphatic carbocycles. The molecule has 0 radical (unpaired) electrons. The molecule has 0 aliphatic heterocycles. The Balaban J connectivity index is 2.57. The molecule has 0 unspecified atom stereocenters. The summed E-state index contributed by atoms with van der Waals surface area (Å²) < 4.78 is 5.20. The van der Waals surface area contributed by atoms with Crippen LogP contribution in [-0.2, 0) is 23.9 Å². The third-order valence-electron chi connectivity index (χ3n) is 6.82. The van der Waals surface area contributed by atoms with Crippen LogP contribution >= 0.6 is 11.6 Å². The number of aliphatic hydroxyl groups excluding tert-OH is 4. The van der Waals surface area contributed by atoms with Gasteiger partial charge in [0.1, 0.15) is 12.2 Å². The third-order valence-corrected chi connectivity index (χ3v) is 7.29. The fourth-order valence-corrected chi connectivity index (χ4v) is 4.36. The first-order valence-electron chi connectivity index (χ1n) is 14.2. The maximum Gasteiger partial charge on any atom is 0.331 e. The molecule has 0 aromatic heterocycles. The number of aliphatic carboxylic acids is 1. The minimum absolute atomic E-state index is 0.0692. The van der Waals surface area contributed by atoms with E-state index in [1.165, 1.54) is 31.2 Å². The molecule has 1 rings (SSSR count). The average molecular weight is 623 g/mol. The number of hydrogen-bond donors (Lipinski definition) is 5. The highest BCUT2D eigenvalue weighted by Gasteiger charge is 2.35. The van der Waals surface area contributed by atoms with Crippen LogP contribution in [0.15, 0.2) is 71.4 Å². The Morgan fingerprint density at radius 3 is 2.26 bits per heavy atom. The molecule has 1 fully saturated rings. The Hall–Kier alpha value is -3.15. The lowest BCUT2D eigenvalue weighted by Gasteiger charge is -2.30. The van der Waals surface area contributed by atoms with Crippen molar-refractivity contribution < 1.29 is 49.4 Å². The van der Waals surface area contributed by atoms with Crippen molar-refractivity contribution in [2.75, 3.05) is 0 Å². The SMILES string of the molecule is CC/C=C/C(=O)C[C@H](O)CC(=O)[C@@H](O)[C@H](O)[C@H](C)/C(Cl)=C/C=C/C=C(C)/C=C/C=C/C(=O)O[C@@H]1C[C@@H](C(=O)O)CC[C@@H]1O. The first kappa shape index (κ1) is 37.9. The largest absolute Gasteiger partial charge is 0.481 e. The van der Waals surface area contributed by atoms with Crippen LogP contribution in [0, 0.1) is 11.8 Å². The number of carbonyl (C=O) groups is 4. The molecule has 0 amide bonds. The van der Waals surface area contributed by atoms with E-state index in [4.69, 9.17) is 21.4 Å². The van der Waals surface area contributed by atoms with E-state index in [0.29, 0.717) is 12.8 Å². The fourth-order valence-electron chi connectivity index (χ4n) is 4.16. The quantitative estimate of drug-likeness (QED) is 0.0916. The topological polar surface area (TPSA) is 179 Å². The lowest BCUT2D eigenvalue weighted by Crippen LogP contribution is -2.40. The molecule has 43 heavy (non-hydrogen) atoms. The summed E-state index contributed by atoms with van der Waals surface area (Å²) in [4.78, 5) is 47.2. The first-order chi connectivity index (χ1) is 20.3. The van der Waals surface area contributed by atoms with Crippen LogP contribution < -0.4 is 0 Å². The summed E-state index contributed by atoms with van der Waals surface area (Å²) in [5, 5.41) is 49.9. The maximum absolute atomic E-state index is 12.3. The molecule has 7 atom stereocenters. The van der Waals surface area contributed by atoms with Gasteiger partial charge in [0.15, 0.2) is 11.6 Å². The third kappa shape index (κ3) is 14.7. The number of aliphatic hydroxyl groups is 4. The summed E-state index contributed by atoms with van der Waals surface area (Å²) in [7, 11) is 0. The summed E-state index contributed by atoms with van der Waals surface area (Å²) in [6, 6.07) is 0. The number of Topliss-reactive ketones (excluding diaryl/α,β-unsaturated/α-hetero) is 1. The molecule has 1 aliphatic rings. The number of hydrogen-bond acceptors (Lipinski definition) is 9. The molecule has 0 aromatic rings. The molecule has 0 spiro atoms.